The van der Waals surface area contributed by atoms with Crippen LogP contribution >= 0.6 is 0 Å². The molecule has 0 heterocycles. The first-order chi connectivity index (χ1) is 14.7. The number of benzene rings is 1. The SMILES string of the molecule is CC(C)[C@H](NC(=O)C12CC3CC(CC(C3)C1)C2)C(=O)OCC(=O)Nc1ccc(F)cc1. The zero-order valence-corrected chi connectivity index (χ0v) is 18.2. The van der Waals surface area contributed by atoms with E-state index in [-0.39, 0.29) is 17.2 Å². The highest BCUT2D eigenvalue weighted by Gasteiger charge is 2.55. The van der Waals surface area contributed by atoms with Crippen LogP contribution in [0.1, 0.15) is 52.4 Å². The average molecular weight is 431 g/mol. The normalized spacial score (nSPS) is 29.5. The highest BCUT2D eigenvalue weighted by atomic mass is 19.1. The molecule has 4 saturated carbocycles. The third kappa shape index (κ3) is 4.75. The molecule has 6 nitrogen and oxygen atoms in total. The van der Waals surface area contributed by atoms with Crippen molar-refractivity contribution in [2.75, 3.05) is 11.9 Å². The van der Waals surface area contributed by atoms with Crippen LogP contribution in [0, 0.1) is 34.9 Å². The minimum atomic E-state index is -0.792. The summed E-state index contributed by atoms with van der Waals surface area (Å²) in [6.45, 7) is 3.24. The van der Waals surface area contributed by atoms with Crippen LogP contribution in [0.15, 0.2) is 24.3 Å². The van der Waals surface area contributed by atoms with E-state index in [4.69, 9.17) is 4.74 Å². The molecular formula is C24H31FN2O4. The first-order valence-electron chi connectivity index (χ1n) is 11.3. The highest BCUT2D eigenvalue weighted by Crippen LogP contribution is 2.60. The Bertz CT molecular complexity index is 816. The molecule has 168 valence electrons. The molecule has 1 atom stereocenters. The number of nitrogens with one attached hydrogen (secondary N) is 2. The summed E-state index contributed by atoms with van der Waals surface area (Å²) in [5.74, 6) is 0.185. The van der Waals surface area contributed by atoms with E-state index in [2.05, 4.69) is 10.6 Å². The van der Waals surface area contributed by atoms with Crippen molar-refractivity contribution in [3.8, 4) is 0 Å². The molecule has 0 saturated heterocycles. The Kier molecular flexibility index (Phi) is 6.04. The van der Waals surface area contributed by atoms with E-state index in [9.17, 15) is 18.8 Å². The molecule has 31 heavy (non-hydrogen) atoms. The van der Waals surface area contributed by atoms with Crippen molar-refractivity contribution in [2.24, 2.45) is 29.1 Å². The molecule has 0 aliphatic heterocycles. The molecule has 1 aromatic carbocycles. The fraction of sp³-hybridized carbons (Fsp3) is 0.625. The monoisotopic (exact) mass is 430 g/mol. The molecule has 4 bridgehead atoms. The second-order valence-corrected chi connectivity index (χ2v) is 10.1. The summed E-state index contributed by atoms with van der Waals surface area (Å²) in [6.07, 6.45) is 6.49. The molecule has 0 aromatic heterocycles. The van der Waals surface area contributed by atoms with Crippen LogP contribution < -0.4 is 10.6 Å². The minimum absolute atomic E-state index is 0.0296. The summed E-state index contributed by atoms with van der Waals surface area (Å²) in [4.78, 5) is 38.1. The van der Waals surface area contributed by atoms with Gasteiger partial charge in [-0.1, -0.05) is 13.8 Å². The fourth-order valence-electron chi connectivity index (χ4n) is 6.14. The van der Waals surface area contributed by atoms with E-state index in [1.165, 1.54) is 43.5 Å². The highest BCUT2D eigenvalue weighted by molar-refractivity contribution is 5.94. The summed E-state index contributed by atoms with van der Waals surface area (Å²) in [7, 11) is 0. The van der Waals surface area contributed by atoms with Gasteiger partial charge in [0, 0.05) is 11.1 Å². The molecule has 0 spiro atoms. The molecular weight excluding hydrogens is 399 g/mol. The smallest absolute Gasteiger partial charge is 0.329 e. The summed E-state index contributed by atoms with van der Waals surface area (Å²) < 4.78 is 18.2. The standard InChI is InChI=1S/C24H31FN2O4/c1-14(2)21(22(29)31-13-20(28)26-19-5-3-18(25)4-6-19)27-23(30)24-10-15-7-16(11-24)9-17(8-15)12-24/h3-6,14-17,21H,7-13H2,1-2H3,(H,26,28)(H,27,30)/t15?,16?,17?,21-,24?/m0/s1. The number of carbonyl (C=O) groups is 3. The third-order valence-electron chi connectivity index (χ3n) is 7.20. The van der Waals surface area contributed by atoms with E-state index >= 15 is 0 Å². The van der Waals surface area contributed by atoms with Gasteiger partial charge in [-0.3, -0.25) is 9.59 Å². The first-order valence-corrected chi connectivity index (χ1v) is 11.3. The van der Waals surface area contributed by atoms with Crippen molar-refractivity contribution in [1.29, 1.82) is 0 Å². The van der Waals surface area contributed by atoms with Gasteiger partial charge in [-0.05, 0) is 86.5 Å². The van der Waals surface area contributed by atoms with Crippen LogP contribution in [-0.4, -0.2) is 30.4 Å². The zero-order chi connectivity index (χ0) is 22.2. The van der Waals surface area contributed by atoms with Crippen molar-refractivity contribution in [3.63, 3.8) is 0 Å². The van der Waals surface area contributed by atoms with Crippen molar-refractivity contribution in [2.45, 2.75) is 58.4 Å². The van der Waals surface area contributed by atoms with Crippen molar-refractivity contribution < 1.29 is 23.5 Å². The number of anilines is 1. The summed E-state index contributed by atoms with van der Waals surface area (Å²) >= 11 is 0. The second-order valence-electron chi connectivity index (χ2n) is 10.1. The molecule has 4 aliphatic rings. The maximum Gasteiger partial charge on any atom is 0.329 e. The van der Waals surface area contributed by atoms with Gasteiger partial charge in [-0.25, -0.2) is 9.18 Å². The molecule has 7 heteroatoms. The van der Waals surface area contributed by atoms with Gasteiger partial charge in [0.15, 0.2) is 6.61 Å². The van der Waals surface area contributed by atoms with Crippen LogP contribution in [-0.2, 0) is 19.1 Å². The molecule has 0 radical (unpaired) electrons. The lowest BCUT2D eigenvalue weighted by Crippen LogP contribution is -2.57. The molecule has 2 N–H and O–H groups in total. The third-order valence-corrected chi connectivity index (χ3v) is 7.20. The van der Waals surface area contributed by atoms with Gasteiger partial charge in [0.2, 0.25) is 5.91 Å². The van der Waals surface area contributed by atoms with Gasteiger partial charge in [-0.15, -0.1) is 0 Å². The van der Waals surface area contributed by atoms with E-state index < -0.39 is 30.3 Å². The van der Waals surface area contributed by atoms with Gasteiger partial charge < -0.3 is 15.4 Å². The largest absolute Gasteiger partial charge is 0.454 e. The number of carbonyl (C=O) groups excluding carboxylic acids is 3. The number of halogens is 1. The Morgan fingerprint density at radius 2 is 1.58 bits per heavy atom. The average Bonchev–Trinajstić information content (AvgIpc) is 2.70. The molecule has 4 aliphatic carbocycles. The van der Waals surface area contributed by atoms with Gasteiger partial charge in [0.1, 0.15) is 11.9 Å². The number of hydrogen-bond donors (Lipinski definition) is 2. The van der Waals surface area contributed by atoms with Gasteiger partial charge in [-0.2, -0.15) is 0 Å². The quantitative estimate of drug-likeness (QED) is 0.647. The van der Waals surface area contributed by atoms with E-state index in [0.717, 1.165) is 19.3 Å². The lowest BCUT2D eigenvalue weighted by atomic mass is 9.49. The van der Waals surface area contributed by atoms with Crippen molar-refractivity contribution in [1.82, 2.24) is 5.32 Å². The number of ether oxygens (including phenoxy) is 1. The van der Waals surface area contributed by atoms with Gasteiger partial charge >= 0.3 is 5.97 Å². The number of rotatable bonds is 7. The van der Waals surface area contributed by atoms with Crippen LogP contribution in [0.4, 0.5) is 10.1 Å². The maximum absolute atomic E-state index is 13.3. The Morgan fingerprint density at radius 3 is 2.10 bits per heavy atom. The fourth-order valence-corrected chi connectivity index (χ4v) is 6.14. The van der Waals surface area contributed by atoms with Crippen LogP contribution in [0.3, 0.4) is 0 Å². The molecule has 2 amide bonds. The molecule has 0 unspecified atom stereocenters. The Balaban J connectivity index is 1.33. The van der Waals surface area contributed by atoms with Crippen LogP contribution in [0.25, 0.3) is 0 Å². The van der Waals surface area contributed by atoms with Crippen molar-refractivity contribution in [3.05, 3.63) is 30.1 Å². The zero-order valence-electron chi connectivity index (χ0n) is 18.2. The van der Waals surface area contributed by atoms with Crippen LogP contribution in [0.5, 0.6) is 0 Å². The predicted molar refractivity (Wildman–Crippen MR) is 113 cm³/mol. The number of amides is 2. The lowest BCUT2D eigenvalue weighted by molar-refractivity contribution is -0.156. The Morgan fingerprint density at radius 1 is 1.03 bits per heavy atom. The topological polar surface area (TPSA) is 84.5 Å². The van der Waals surface area contributed by atoms with Gasteiger partial charge in [0.05, 0.1) is 0 Å². The summed E-state index contributed by atoms with van der Waals surface area (Å²) in [6, 6.07) is 4.53. The maximum atomic E-state index is 13.3. The van der Waals surface area contributed by atoms with Crippen molar-refractivity contribution >= 4 is 23.5 Å². The van der Waals surface area contributed by atoms with Crippen LogP contribution in [0.2, 0.25) is 0 Å². The lowest BCUT2D eigenvalue weighted by Gasteiger charge is -2.55. The van der Waals surface area contributed by atoms with E-state index in [1.54, 1.807) is 0 Å². The Hall–Kier alpha value is -2.44. The predicted octanol–water partition coefficient (Wildman–Crippen LogP) is 3.66. The summed E-state index contributed by atoms with van der Waals surface area (Å²) in [5.41, 5.74) is 0.0697. The molecule has 1 aromatic rings. The van der Waals surface area contributed by atoms with Gasteiger partial charge in [0.25, 0.3) is 5.91 Å². The molecule has 4 fully saturated rings. The molecule has 5 rings (SSSR count). The number of esters is 1. The first kappa shape index (κ1) is 21.8. The minimum Gasteiger partial charge on any atom is -0.454 e. The summed E-state index contributed by atoms with van der Waals surface area (Å²) in [5, 5.41) is 5.52. The van der Waals surface area contributed by atoms with E-state index in [1.807, 2.05) is 13.8 Å². The second kappa shape index (κ2) is 8.60. The van der Waals surface area contributed by atoms with E-state index in [0.29, 0.717) is 23.4 Å². The Labute approximate surface area is 182 Å². The number of hydrogen-bond acceptors (Lipinski definition) is 4.